The van der Waals surface area contributed by atoms with Gasteiger partial charge in [0.25, 0.3) is 0 Å². The van der Waals surface area contributed by atoms with E-state index in [0.29, 0.717) is 5.56 Å². The van der Waals surface area contributed by atoms with Gasteiger partial charge in [0.15, 0.2) is 5.96 Å². The van der Waals surface area contributed by atoms with Crippen molar-refractivity contribution in [3.05, 3.63) is 29.8 Å². The number of benzene rings is 1. The summed E-state index contributed by atoms with van der Waals surface area (Å²) in [6.45, 7) is 0.0374. The van der Waals surface area contributed by atoms with E-state index in [4.69, 9.17) is 22.3 Å². The van der Waals surface area contributed by atoms with E-state index in [-0.39, 0.29) is 50.4 Å². The number of carbonyl (C=O) groups is 7. The predicted molar refractivity (Wildman–Crippen MR) is 168 cm³/mol. The molecule has 0 aliphatic carbocycles. The SMILES string of the molecule is C[C@@H](O)[C@H](NC(=O)[C@H](Cc1ccc(O)cc1)NC(=O)CNC(=O)CNC(=O)[C@@H](N)CCC(=O)O)C(=O)N[C@@H](CCCN=C(N)N)C(=O)O. The van der Waals surface area contributed by atoms with Crippen molar-refractivity contribution in [1.82, 2.24) is 26.6 Å². The minimum Gasteiger partial charge on any atom is -0.508 e. The van der Waals surface area contributed by atoms with Crippen LogP contribution in [0.1, 0.15) is 38.2 Å². The third-order valence-electron chi connectivity index (χ3n) is 6.53. The van der Waals surface area contributed by atoms with Crippen molar-refractivity contribution in [2.24, 2.45) is 22.2 Å². The average molecular weight is 682 g/mol. The molecule has 0 saturated heterocycles. The smallest absolute Gasteiger partial charge is 0.326 e. The largest absolute Gasteiger partial charge is 0.508 e. The molecule has 1 rings (SSSR count). The highest BCUT2D eigenvalue weighted by Gasteiger charge is 2.32. The summed E-state index contributed by atoms with van der Waals surface area (Å²) in [6.07, 6.45) is -2.09. The topological polar surface area (TPSA) is 351 Å². The molecule has 5 atom stereocenters. The van der Waals surface area contributed by atoms with E-state index in [1.807, 2.05) is 0 Å². The van der Waals surface area contributed by atoms with Crippen molar-refractivity contribution in [2.45, 2.75) is 69.3 Å². The number of nitrogens with zero attached hydrogens (tertiary/aromatic N) is 1. The van der Waals surface area contributed by atoms with Gasteiger partial charge in [-0.2, -0.15) is 0 Å². The zero-order chi connectivity index (χ0) is 36.4. The predicted octanol–water partition coefficient (Wildman–Crippen LogP) is -4.67. The molecule has 5 amide bonds. The molecule has 1 aromatic carbocycles. The lowest BCUT2D eigenvalue weighted by Gasteiger charge is -2.26. The number of carboxylic acids is 2. The first-order valence-corrected chi connectivity index (χ1v) is 14.7. The monoisotopic (exact) mass is 681 g/mol. The number of amides is 5. The summed E-state index contributed by atoms with van der Waals surface area (Å²) < 4.78 is 0. The summed E-state index contributed by atoms with van der Waals surface area (Å²) in [4.78, 5) is 89.2. The molecule has 1 aromatic rings. The van der Waals surface area contributed by atoms with Crippen molar-refractivity contribution >= 4 is 47.4 Å². The van der Waals surface area contributed by atoms with Crippen LogP contribution in [0.2, 0.25) is 0 Å². The first-order chi connectivity index (χ1) is 22.5. The maximum Gasteiger partial charge on any atom is 0.326 e. The van der Waals surface area contributed by atoms with Crippen LogP contribution in [0.5, 0.6) is 5.75 Å². The van der Waals surface area contributed by atoms with Gasteiger partial charge in [-0.3, -0.25) is 33.8 Å². The number of nitrogens with one attached hydrogen (secondary N) is 5. The fourth-order valence-electron chi connectivity index (χ4n) is 3.95. The number of carboxylic acid groups (broad SMARTS) is 2. The Bertz CT molecular complexity index is 1320. The number of guanidine groups is 1. The summed E-state index contributed by atoms with van der Waals surface area (Å²) >= 11 is 0. The number of aliphatic hydroxyl groups excluding tert-OH is 1. The van der Waals surface area contributed by atoms with Gasteiger partial charge in [-0.1, -0.05) is 12.1 Å². The number of phenols is 1. The van der Waals surface area contributed by atoms with Crippen LogP contribution in [0.3, 0.4) is 0 Å². The fraction of sp³-hybridized carbons (Fsp3) is 0.500. The molecule has 0 aromatic heterocycles. The van der Waals surface area contributed by atoms with Crippen LogP contribution >= 0.6 is 0 Å². The number of aliphatic hydroxyl groups is 1. The summed E-state index contributed by atoms with van der Waals surface area (Å²) in [5.74, 6) is -7.23. The molecule has 0 fully saturated rings. The molecule has 20 nitrogen and oxygen atoms in total. The molecule has 48 heavy (non-hydrogen) atoms. The van der Waals surface area contributed by atoms with Gasteiger partial charge in [0, 0.05) is 19.4 Å². The van der Waals surface area contributed by atoms with E-state index in [9.17, 15) is 48.9 Å². The van der Waals surface area contributed by atoms with Gasteiger partial charge in [0.05, 0.1) is 25.2 Å². The molecule has 0 spiro atoms. The number of aliphatic imine (C=N–C) groups is 1. The van der Waals surface area contributed by atoms with E-state index in [2.05, 4.69) is 31.6 Å². The molecule has 15 N–H and O–H groups in total. The molecular weight excluding hydrogens is 638 g/mol. The van der Waals surface area contributed by atoms with E-state index in [1.54, 1.807) is 0 Å². The number of hydrogen-bond acceptors (Lipinski definition) is 11. The highest BCUT2D eigenvalue weighted by molar-refractivity contribution is 5.95. The highest BCUT2D eigenvalue weighted by Crippen LogP contribution is 2.12. The van der Waals surface area contributed by atoms with E-state index < -0.39 is 84.8 Å². The normalized spacial score (nSPS) is 13.7. The number of phenolic OH excluding ortho intramolecular Hbond substituents is 1. The molecule has 0 heterocycles. The first kappa shape index (κ1) is 40.5. The van der Waals surface area contributed by atoms with Crippen molar-refractivity contribution < 1.29 is 54.0 Å². The number of hydrogen-bond donors (Lipinski definition) is 12. The zero-order valence-electron chi connectivity index (χ0n) is 26.2. The molecule has 0 aliphatic heterocycles. The van der Waals surface area contributed by atoms with Crippen LogP contribution in [0.25, 0.3) is 0 Å². The maximum atomic E-state index is 13.3. The number of aromatic hydroxyl groups is 1. The summed E-state index contributed by atoms with van der Waals surface area (Å²) in [7, 11) is 0. The molecule has 266 valence electrons. The van der Waals surface area contributed by atoms with Crippen molar-refractivity contribution in [3.8, 4) is 5.75 Å². The number of nitrogens with two attached hydrogens (primary N) is 3. The second kappa shape index (κ2) is 20.6. The lowest BCUT2D eigenvalue weighted by molar-refractivity contribution is -0.143. The Morgan fingerprint density at radius 2 is 1.44 bits per heavy atom. The number of rotatable bonds is 21. The molecule has 0 saturated carbocycles. The standard InChI is InChI=1S/C28H43N9O11/c1-14(38)23(26(46)36-18(27(47)48)3-2-10-32-28(30)31)37-25(45)19(11-15-4-6-16(39)7-5-15)35-21(41)13-33-20(40)12-34-24(44)17(29)8-9-22(42)43/h4-7,14,17-19,23,38-39H,2-3,8-13,29H2,1H3,(H,33,40)(H,34,44)(H,35,41)(H,36,46)(H,37,45)(H,42,43)(H,47,48)(H4,30,31,32)/t14-,17+,18+,19+,23+/m1/s1. The summed E-state index contributed by atoms with van der Waals surface area (Å²) in [5, 5.41) is 49.5. The Morgan fingerprint density at radius 3 is 2.00 bits per heavy atom. The van der Waals surface area contributed by atoms with Crippen molar-refractivity contribution in [3.63, 3.8) is 0 Å². The second-order valence-corrected chi connectivity index (χ2v) is 10.6. The van der Waals surface area contributed by atoms with Crippen LogP contribution in [0, 0.1) is 0 Å². The van der Waals surface area contributed by atoms with Gasteiger partial charge < -0.3 is 64.2 Å². The Morgan fingerprint density at radius 1 is 0.812 bits per heavy atom. The lowest BCUT2D eigenvalue weighted by atomic mass is 10.0. The molecule has 20 heteroatoms. The lowest BCUT2D eigenvalue weighted by Crippen LogP contribution is -2.59. The summed E-state index contributed by atoms with van der Waals surface area (Å²) in [6, 6.07) is -0.0332. The van der Waals surface area contributed by atoms with E-state index in [1.165, 1.54) is 31.2 Å². The average Bonchev–Trinajstić information content (AvgIpc) is 3.01. The highest BCUT2D eigenvalue weighted by atomic mass is 16.4. The third kappa shape index (κ3) is 16.2. The van der Waals surface area contributed by atoms with Crippen LogP contribution in [0.4, 0.5) is 0 Å². The third-order valence-corrected chi connectivity index (χ3v) is 6.53. The Labute approximate surface area is 274 Å². The van der Waals surface area contributed by atoms with Gasteiger partial charge in [-0.05, 0) is 43.9 Å². The van der Waals surface area contributed by atoms with Gasteiger partial charge in [-0.15, -0.1) is 0 Å². The minimum atomic E-state index is -1.65. The van der Waals surface area contributed by atoms with Gasteiger partial charge in [0.2, 0.25) is 29.5 Å². The van der Waals surface area contributed by atoms with Crippen LogP contribution in [-0.4, -0.2) is 118 Å². The molecule has 0 radical (unpaired) electrons. The zero-order valence-corrected chi connectivity index (χ0v) is 26.2. The number of carbonyl (C=O) groups excluding carboxylic acids is 5. The van der Waals surface area contributed by atoms with Crippen LogP contribution < -0.4 is 43.8 Å². The van der Waals surface area contributed by atoms with Gasteiger partial charge in [-0.25, -0.2) is 4.79 Å². The van der Waals surface area contributed by atoms with Crippen molar-refractivity contribution in [1.29, 1.82) is 0 Å². The van der Waals surface area contributed by atoms with Gasteiger partial charge in [0.1, 0.15) is 23.9 Å². The Kier molecular flexibility index (Phi) is 17.4. The fourth-order valence-corrected chi connectivity index (χ4v) is 3.95. The van der Waals surface area contributed by atoms with Crippen molar-refractivity contribution in [2.75, 3.05) is 19.6 Å². The van der Waals surface area contributed by atoms with Crippen LogP contribution in [0.15, 0.2) is 29.3 Å². The molecule has 0 unspecified atom stereocenters. The van der Waals surface area contributed by atoms with E-state index >= 15 is 0 Å². The maximum absolute atomic E-state index is 13.3. The second-order valence-electron chi connectivity index (χ2n) is 10.6. The van der Waals surface area contributed by atoms with Gasteiger partial charge >= 0.3 is 11.9 Å². The number of aliphatic carboxylic acids is 2. The molecular formula is C28H43N9O11. The quantitative estimate of drug-likeness (QED) is 0.0330. The Balaban J connectivity index is 2.93. The Hall–Kier alpha value is -5.50. The molecule has 0 aliphatic rings. The molecule has 0 bridgehead atoms. The first-order valence-electron chi connectivity index (χ1n) is 14.7. The van der Waals surface area contributed by atoms with E-state index in [0.717, 1.165) is 0 Å². The van der Waals surface area contributed by atoms with Crippen LogP contribution in [-0.2, 0) is 40.0 Å². The minimum absolute atomic E-state index is 0.0708. The summed E-state index contributed by atoms with van der Waals surface area (Å²) in [5.41, 5.74) is 16.5.